The Morgan fingerprint density at radius 2 is 2.05 bits per heavy atom. The lowest BCUT2D eigenvalue weighted by molar-refractivity contribution is -0.184. The lowest BCUT2D eigenvalue weighted by Crippen LogP contribution is -2.41. The fourth-order valence-corrected chi connectivity index (χ4v) is 3.23. The summed E-state index contributed by atoms with van der Waals surface area (Å²) >= 11 is 0. The van der Waals surface area contributed by atoms with Crippen LogP contribution in [0, 0.1) is 5.92 Å². The van der Waals surface area contributed by atoms with E-state index in [1.165, 1.54) is 6.21 Å². The molecule has 0 radical (unpaired) electrons. The van der Waals surface area contributed by atoms with Gasteiger partial charge in [-0.25, -0.2) is 0 Å². The van der Waals surface area contributed by atoms with E-state index in [2.05, 4.69) is 5.16 Å². The quantitative estimate of drug-likeness (QED) is 0.517. The van der Waals surface area contributed by atoms with Gasteiger partial charge in [-0.3, -0.25) is 4.79 Å². The van der Waals surface area contributed by atoms with E-state index in [9.17, 15) is 18.0 Å². The largest absolute Gasteiger partial charge is 0.471 e. The number of rotatable bonds is 2. The van der Waals surface area contributed by atoms with Crippen LogP contribution in [0.5, 0.6) is 0 Å². The predicted octanol–water partition coefficient (Wildman–Crippen LogP) is 2.16. The summed E-state index contributed by atoms with van der Waals surface area (Å²) in [5.74, 6) is -1.65. The number of carbonyl (C=O) groups excluding carboxylic acids is 1. The molecule has 7 heteroatoms. The molecule has 1 aromatic carbocycles. The number of piperidine rings is 1. The minimum absolute atomic E-state index is 0.0983. The van der Waals surface area contributed by atoms with E-state index in [0.29, 0.717) is 5.56 Å². The van der Waals surface area contributed by atoms with Crippen molar-refractivity contribution in [2.45, 2.75) is 18.0 Å². The first kappa shape index (κ1) is 13.9. The summed E-state index contributed by atoms with van der Waals surface area (Å²) in [4.78, 5) is 12.2. The van der Waals surface area contributed by atoms with Crippen LogP contribution in [-0.4, -0.2) is 41.5 Å². The van der Waals surface area contributed by atoms with E-state index >= 15 is 0 Å². The topological polar surface area (TPSA) is 52.9 Å². The monoisotopic (exact) mass is 298 g/mol. The highest BCUT2D eigenvalue weighted by molar-refractivity contribution is 5.83. The van der Waals surface area contributed by atoms with E-state index in [0.717, 1.165) is 16.9 Å². The number of amides is 1. The maximum atomic E-state index is 12.5. The number of halogens is 3. The summed E-state index contributed by atoms with van der Waals surface area (Å²) in [6.45, 7) is 0.279. The average molecular weight is 298 g/mol. The predicted molar refractivity (Wildman–Crippen MR) is 68.2 cm³/mol. The SMILES string of the molecule is O=C(N1CC2C[C@@]2(c2ccc(/C=N/O)cc2)C1)C(F)(F)F. The third-order valence-electron chi connectivity index (χ3n) is 4.37. The third kappa shape index (κ3) is 2.26. The molecule has 0 spiro atoms. The zero-order valence-electron chi connectivity index (χ0n) is 11.0. The van der Waals surface area contributed by atoms with Gasteiger partial charge in [0.1, 0.15) is 0 Å². The number of carbonyl (C=O) groups is 1. The first-order chi connectivity index (χ1) is 9.87. The maximum absolute atomic E-state index is 12.5. The molecule has 0 aromatic heterocycles. The molecule has 2 atom stereocenters. The molecule has 1 aliphatic carbocycles. The van der Waals surface area contributed by atoms with Crippen LogP contribution in [0.25, 0.3) is 0 Å². The van der Waals surface area contributed by atoms with Crippen LogP contribution in [-0.2, 0) is 10.2 Å². The van der Waals surface area contributed by atoms with Gasteiger partial charge in [-0.15, -0.1) is 0 Å². The molecular weight excluding hydrogens is 285 g/mol. The number of hydrogen-bond donors (Lipinski definition) is 1. The molecule has 21 heavy (non-hydrogen) atoms. The Balaban J connectivity index is 1.77. The highest BCUT2D eigenvalue weighted by atomic mass is 19.4. The fraction of sp³-hybridized carbons (Fsp3) is 0.429. The van der Waals surface area contributed by atoms with Crippen molar-refractivity contribution < 1.29 is 23.2 Å². The van der Waals surface area contributed by atoms with E-state index in [1.807, 2.05) is 12.1 Å². The summed E-state index contributed by atoms with van der Waals surface area (Å²) in [7, 11) is 0. The van der Waals surface area contributed by atoms with Crippen LogP contribution in [0.15, 0.2) is 29.4 Å². The highest BCUT2D eigenvalue weighted by Gasteiger charge is 2.63. The molecule has 3 rings (SSSR count). The molecule has 1 saturated heterocycles. The molecule has 112 valence electrons. The molecule has 2 aliphatic rings. The smallest absolute Gasteiger partial charge is 0.411 e. The molecule has 1 saturated carbocycles. The second-order valence-corrected chi connectivity index (χ2v) is 5.61. The number of nitrogens with zero attached hydrogens (tertiary/aromatic N) is 2. The molecule has 4 nitrogen and oxygen atoms in total. The van der Waals surface area contributed by atoms with Gasteiger partial charge in [0.05, 0.1) is 6.21 Å². The summed E-state index contributed by atoms with van der Waals surface area (Å²) in [5.41, 5.74) is 1.30. The summed E-state index contributed by atoms with van der Waals surface area (Å²) in [5, 5.41) is 11.4. The minimum Gasteiger partial charge on any atom is -0.411 e. The van der Waals surface area contributed by atoms with Gasteiger partial charge in [-0.1, -0.05) is 29.4 Å². The zero-order chi connectivity index (χ0) is 15.3. The van der Waals surface area contributed by atoms with E-state index in [1.54, 1.807) is 12.1 Å². The van der Waals surface area contributed by atoms with Gasteiger partial charge in [0.15, 0.2) is 0 Å². The molecule has 1 amide bonds. The molecule has 2 fully saturated rings. The third-order valence-corrected chi connectivity index (χ3v) is 4.37. The van der Waals surface area contributed by atoms with Crippen molar-refractivity contribution in [1.29, 1.82) is 0 Å². The highest BCUT2D eigenvalue weighted by Crippen LogP contribution is 2.59. The molecule has 0 bridgehead atoms. The Bertz CT molecular complexity index is 597. The van der Waals surface area contributed by atoms with Crippen molar-refractivity contribution in [1.82, 2.24) is 4.90 Å². The second kappa shape index (κ2) is 4.47. The van der Waals surface area contributed by atoms with Crippen LogP contribution >= 0.6 is 0 Å². The number of benzene rings is 1. The molecule has 1 heterocycles. The first-order valence-corrected chi connectivity index (χ1v) is 6.51. The lowest BCUT2D eigenvalue weighted by atomic mass is 9.94. The zero-order valence-corrected chi connectivity index (χ0v) is 11.0. The Morgan fingerprint density at radius 1 is 1.38 bits per heavy atom. The van der Waals surface area contributed by atoms with Crippen LogP contribution in [0.1, 0.15) is 17.5 Å². The van der Waals surface area contributed by atoms with Crippen LogP contribution in [0.3, 0.4) is 0 Å². The van der Waals surface area contributed by atoms with E-state index in [-0.39, 0.29) is 24.4 Å². The Labute approximate surface area is 118 Å². The lowest BCUT2D eigenvalue weighted by Gasteiger charge is -2.22. The average Bonchev–Trinajstić information content (AvgIpc) is 3.00. The Kier molecular flexibility index (Phi) is 2.96. The second-order valence-electron chi connectivity index (χ2n) is 5.61. The van der Waals surface area contributed by atoms with Crippen molar-refractivity contribution in [3.8, 4) is 0 Å². The van der Waals surface area contributed by atoms with Gasteiger partial charge >= 0.3 is 12.1 Å². The number of oxime groups is 1. The van der Waals surface area contributed by atoms with Crippen molar-refractivity contribution in [2.75, 3.05) is 13.1 Å². The standard InChI is InChI=1S/C14H13F3N2O2/c15-14(16,17)12(20)19-7-11-5-13(11,8-19)10-3-1-9(2-4-10)6-18-21/h1-4,6,11,21H,5,7-8H2/b18-6+/t11?,13-/m0/s1. The van der Waals surface area contributed by atoms with Gasteiger partial charge in [0.25, 0.3) is 0 Å². The summed E-state index contributed by atoms with van der Waals surface area (Å²) < 4.78 is 37.4. The number of likely N-dealkylation sites (tertiary alicyclic amines) is 1. The van der Waals surface area contributed by atoms with Crippen LogP contribution in [0.2, 0.25) is 0 Å². The molecule has 1 N–H and O–H groups in total. The van der Waals surface area contributed by atoms with Gasteiger partial charge in [0, 0.05) is 18.5 Å². The van der Waals surface area contributed by atoms with Crippen LogP contribution < -0.4 is 0 Å². The summed E-state index contributed by atoms with van der Waals surface area (Å²) in [6, 6.07) is 7.12. The van der Waals surface area contributed by atoms with Gasteiger partial charge in [0.2, 0.25) is 0 Å². The molecular formula is C14H13F3N2O2. The van der Waals surface area contributed by atoms with Gasteiger partial charge in [-0.05, 0) is 23.5 Å². The summed E-state index contributed by atoms with van der Waals surface area (Å²) in [6.07, 6.45) is -2.72. The van der Waals surface area contributed by atoms with E-state index < -0.39 is 12.1 Å². The maximum Gasteiger partial charge on any atom is 0.471 e. The Morgan fingerprint density at radius 3 is 2.62 bits per heavy atom. The minimum atomic E-state index is -4.81. The fourth-order valence-electron chi connectivity index (χ4n) is 3.23. The van der Waals surface area contributed by atoms with Crippen molar-refractivity contribution in [2.24, 2.45) is 11.1 Å². The molecule has 1 aliphatic heterocycles. The van der Waals surface area contributed by atoms with Gasteiger partial charge < -0.3 is 10.1 Å². The van der Waals surface area contributed by atoms with Crippen molar-refractivity contribution in [3.63, 3.8) is 0 Å². The van der Waals surface area contributed by atoms with Crippen LogP contribution in [0.4, 0.5) is 13.2 Å². The molecule has 1 aromatic rings. The number of fused-ring (bicyclic) bond motifs is 1. The Hall–Kier alpha value is -2.05. The van der Waals surface area contributed by atoms with E-state index in [4.69, 9.17) is 5.21 Å². The van der Waals surface area contributed by atoms with Crippen molar-refractivity contribution in [3.05, 3.63) is 35.4 Å². The number of alkyl halides is 3. The first-order valence-electron chi connectivity index (χ1n) is 6.51. The van der Waals surface area contributed by atoms with Crippen molar-refractivity contribution >= 4 is 12.1 Å². The van der Waals surface area contributed by atoms with Gasteiger partial charge in [-0.2, -0.15) is 13.2 Å². The number of hydrogen-bond acceptors (Lipinski definition) is 3. The normalized spacial score (nSPS) is 28.0. The molecule has 1 unspecified atom stereocenters.